The summed E-state index contributed by atoms with van der Waals surface area (Å²) in [6.45, 7) is 3.50. The van der Waals surface area contributed by atoms with Crippen molar-refractivity contribution in [3.05, 3.63) is 54.0 Å². The maximum absolute atomic E-state index is 11.7. The van der Waals surface area contributed by atoms with Crippen LogP contribution >= 0.6 is 24.0 Å². The molecule has 1 aliphatic heterocycles. The molecule has 182 valence electrons. The largest absolute Gasteiger partial charge is 0.484 e. The molecule has 2 heterocycles. The molecule has 0 aliphatic carbocycles. The van der Waals surface area contributed by atoms with Crippen LogP contribution in [0.2, 0.25) is 0 Å². The molecule has 1 unspecified atom stereocenters. The van der Waals surface area contributed by atoms with Crippen molar-refractivity contribution in [3.8, 4) is 5.75 Å². The number of nitrogens with zero attached hydrogens (tertiary/aromatic N) is 3. The minimum Gasteiger partial charge on any atom is -0.484 e. The van der Waals surface area contributed by atoms with Crippen molar-refractivity contribution in [2.45, 2.75) is 31.8 Å². The Hall–Kier alpha value is -2.27. The lowest BCUT2D eigenvalue weighted by Gasteiger charge is -2.33. The number of benzene rings is 1. The van der Waals surface area contributed by atoms with E-state index < -0.39 is 0 Å². The van der Waals surface area contributed by atoms with Gasteiger partial charge >= 0.3 is 0 Å². The molecule has 1 amide bonds. The fourth-order valence-corrected chi connectivity index (χ4v) is 3.74. The number of furan rings is 1. The molecule has 2 aromatic rings. The summed E-state index contributed by atoms with van der Waals surface area (Å²) in [5.41, 5.74) is 1.04. The average molecular weight is 569 g/mol. The van der Waals surface area contributed by atoms with Crippen LogP contribution in [-0.4, -0.2) is 69.1 Å². The van der Waals surface area contributed by atoms with Gasteiger partial charge in [0.1, 0.15) is 11.5 Å². The second-order valence-electron chi connectivity index (χ2n) is 8.16. The topological polar surface area (TPSA) is 82.3 Å². The van der Waals surface area contributed by atoms with Gasteiger partial charge in [0.25, 0.3) is 5.91 Å². The number of hydrogen-bond acceptors (Lipinski definition) is 5. The van der Waals surface area contributed by atoms with E-state index in [1.54, 1.807) is 27.4 Å². The van der Waals surface area contributed by atoms with E-state index in [2.05, 4.69) is 20.5 Å². The number of guanidine groups is 1. The fraction of sp³-hybridized carbons (Fsp3) is 0.500. The lowest BCUT2D eigenvalue weighted by atomic mass is 10.1. The van der Waals surface area contributed by atoms with Crippen molar-refractivity contribution in [1.82, 2.24) is 20.4 Å². The van der Waals surface area contributed by atoms with Crippen molar-refractivity contribution in [2.24, 2.45) is 4.99 Å². The van der Waals surface area contributed by atoms with Gasteiger partial charge in [0.15, 0.2) is 12.6 Å². The predicted octanol–water partition coefficient (Wildman–Crippen LogP) is 3.26. The van der Waals surface area contributed by atoms with E-state index in [1.165, 1.54) is 24.2 Å². The first-order valence-corrected chi connectivity index (χ1v) is 11.2. The number of likely N-dealkylation sites (N-methyl/N-ethyl adjacent to an activating group) is 1. The van der Waals surface area contributed by atoms with Gasteiger partial charge in [-0.25, -0.2) is 0 Å². The van der Waals surface area contributed by atoms with Crippen molar-refractivity contribution in [1.29, 1.82) is 0 Å². The highest BCUT2D eigenvalue weighted by Gasteiger charge is 2.24. The summed E-state index contributed by atoms with van der Waals surface area (Å²) in [4.78, 5) is 20.1. The minimum absolute atomic E-state index is 0. The van der Waals surface area contributed by atoms with Crippen LogP contribution in [0.4, 0.5) is 0 Å². The van der Waals surface area contributed by atoms with Gasteiger partial charge in [-0.2, -0.15) is 0 Å². The SMILES string of the molecule is CN=C(NCc1cccc(OCC(=O)N(C)C)c1)NCC(c1ccco1)N1CCCCC1.I. The van der Waals surface area contributed by atoms with Gasteiger partial charge in [-0.1, -0.05) is 18.6 Å². The number of hydrogen-bond donors (Lipinski definition) is 2. The summed E-state index contributed by atoms with van der Waals surface area (Å²) >= 11 is 0. The molecule has 1 aliphatic rings. The Morgan fingerprint density at radius 1 is 1.18 bits per heavy atom. The first-order valence-electron chi connectivity index (χ1n) is 11.2. The number of ether oxygens (including phenoxy) is 1. The molecule has 1 aromatic heterocycles. The Morgan fingerprint density at radius 3 is 2.64 bits per heavy atom. The third kappa shape index (κ3) is 8.54. The maximum atomic E-state index is 11.7. The number of aliphatic imine (C=N–C) groups is 1. The monoisotopic (exact) mass is 569 g/mol. The summed E-state index contributed by atoms with van der Waals surface area (Å²) in [5, 5.41) is 6.81. The molecule has 1 fully saturated rings. The molecule has 0 spiro atoms. The number of piperidine rings is 1. The van der Waals surface area contributed by atoms with E-state index >= 15 is 0 Å². The predicted molar refractivity (Wildman–Crippen MR) is 141 cm³/mol. The molecule has 1 aromatic carbocycles. The lowest BCUT2D eigenvalue weighted by molar-refractivity contribution is -0.130. The number of likely N-dealkylation sites (tertiary alicyclic amines) is 1. The number of halogens is 1. The Labute approximate surface area is 213 Å². The molecule has 3 rings (SSSR count). The average Bonchev–Trinajstić information content (AvgIpc) is 3.35. The summed E-state index contributed by atoms with van der Waals surface area (Å²) in [6, 6.07) is 11.9. The Morgan fingerprint density at radius 2 is 1.97 bits per heavy atom. The number of carbonyl (C=O) groups is 1. The first-order chi connectivity index (χ1) is 15.6. The van der Waals surface area contributed by atoms with E-state index in [9.17, 15) is 4.79 Å². The third-order valence-corrected chi connectivity index (χ3v) is 5.61. The highest BCUT2D eigenvalue weighted by atomic mass is 127. The Balaban J connectivity index is 0.00000385. The Kier molecular flexibility index (Phi) is 11.5. The molecule has 0 saturated carbocycles. The molecule has 1 saturated heterocycles. The van der Waals surface area contributed by atoms with E-state index in [-0.39, 0.29) is 42.5 Å². The van der Waals surface area contributed by atoms with E-state index in [0.717, 1.165) is 30.4 Å². The lowest BCUT2D eigenvalue weighted by Crippen LogP contribution is -2.44. The first kappa shape index (κ1) is 27.0. The highest BCUT2D eigenvalue weighted by molar-refractivity contribution is 14.0. The van der Waals surface area contributed by atoms with Crippen LogP contribution in [0.5, 0.6) is 5.75 Å². The van der Waals surface area contributed by atoms with Crippen LogP contribution in [0.1, 0.15) is 36.6 Å². The summed E-state index contributed by atoms with van der Waals surface area (Å²) in [6.07, 6.45) is 5.48. The fourth-order valence-electron chi connectivity index (χ4n) is 3.74. The molecule has 1 atom stereocenters. The second kappa shape index (κ2) is 14.1. The van der Waals surface area contributed by atoms with Gasteiger partial charge in [0, 0.05) is 34.2 Å². The van der Waals surface area contributed by atoms with Crippen LogP contribution in [0.25, 0.3) is 0 Å². The standard InChI is InChI=1S/C24H35N5O3.HI/c1-25-24(26-16-19-9-7-10-20(15-19)32-18-23(30)28(2)3)27-17-21(22-11-8-14-31-22)29-12-5-4-6-13-29;/h7-11,14-15,21H,4-6,12-13,16-18H2,1-3H3,(H2,25,26,27);1H. The molecule has 9 heteroatoms. The van der Waals surface area contributed by atoms with E-state index in [4.69, 9.17) is 9.15 Å². The molecule has 0 bridgehead atoms. The van der Waals surface area contributed by atoms with Gasteiger partial charge in [-0.05, 0) is 55.8 Å². The zero-order valence-electron chi connectivity index (χ0n) is 19.8. The van der Waals surface area contributed by atoms with Crippen molar-refractivity contribution >= 4 is 35.8 Å². The summed E-state index contributed by atoms with van der Waals surface area (Å²) in [5.74, 6) is 2.31. The smallest absolute Gasteiger partial charge is 0.259 e. The van der Waals surface area contributed by atoms with E-state index in [0.29, 0.717) is 18.8 Å². The molecule has 33 heavy (non-hydrogen) atoms. The Bertz CT molecular complexity index is 867. The van der Waals surface area contributed by atoms with Gasteiger partial charge in [-0.3, -0.25) is 14.7 Å². The van der Waals surface area contributed by atoms with Crippen LogP contribution < -0.4 is 15.4 Å². The summed E-state index contributed by atoms with van der Waals surface area (Å²) < 4.78 is 11.3. The number of amides is 1. The maximum Gasteiger partial charge on any atom is 0.259 e. The van der Waals surface area contributed by atoms with Gasteiger partial charge in [0.2, 0.25) is 0 Å². The minimum atomic E-state index is -0.0713. The second-order valence-corrected chi connectivity index (χ2v) is 8.16. The summed E-state index contributed by atoms with van der Waals surface area (Å²) in [7, 11) is 5.20. The van der Waals surface area contributed by atoms with Crippen molar-refractivity contribution in [3.63, 3.8) is 0 Å². The zero-order valence-corrected chi connectivity index (χ0v) is 22.1. The third-order valence-electron chi connectivity index (χ3n) is 5.61. The van der Waals surface area contributed by atoms with Crippen molar-refractivity contribution < 1.29 is 13.9 Å². The van der Waals surface area contributed by atoms with Gasteiger partial charge in [0.05, 0.1) is 12.3 Å². The van der Waals surface area contributed by atoms with Crippen LogP contribution in [0.15, 0.2) is 52.1 Å². The highest BCUT2D eigenvalue weighted by Crippen LogP contribution is 2.24. The number of nitrogens with one attached hydrogen (secondary N) is 2. The van der Waals surface area contributed by atoms with Gasteiger partial charge < -0.3 is 24.7 Å². The van der Waals surface area contributed by atoms with Crippen molar-refractivity contribution in [2.75, 3.05) is 47.4 Å². The molecule has 0 radical (unpaired) electrons. The molecular formula is C24H36IN5O3. The van der Waals surface area contributed by atoms with E-state index in [1.807, 2.05) is 36.4 Å². The van der Waals surface area contributed by atoms with Crippen LogP contribution in [0, 0.1) is 0 Å². The van der Waals surface area contributed by atoms with Crippen LogP contribution in [0.3, 0.4) is 0 Å². The number of rotatable bonds is 9. The normalized spacial score (nSPS) is 15.3. The molecule has 8 nitrogen and oxygen atoms in total. The van der Waals surface area contributed by atoms with Crippen LogP contribution in [-0.2, 0) is 11.3 Å². The van der Waals surface area contributed by atoms with Gasteiger partial charge in [-0.15, -0.1) is 24.0 Å². The zero-order chi connectivity index (χ0) is 22.8. The number of carbonyl (C=O) groups excluding carboxylic acids is 1. The quantitative estimate of drug-likeness (QED) is 0.274. The molecular weight excluding hydrogens is 533 g/mol. The molecule has 2 N–H and O–H groups in total.